The molecular formula is C13H25N3O6. The minimum atomic E-state index is -1.21. The number of hydrogen-bond donors (Lipinski definition) is 5. The highest BCUT2D eigenvalue weighted by Crippen LogP contribution is 1.94. The smallest absolute Gasteiger partial charge is 0.322 e. The predicted molar refractivity (Wildman–Crippen MR) is 81.1 cm³/mol. The summed E-state index contributed by atoms with van der Waals surface area (Å²) in [6.45, 7) is 9.10. The fraction of sp³-hybridized carbons (Fsp3) is 0.538. The zero-order chi connectivity index (χ0) is 18.1. The molecule has 0 fully saturated rings. The first kappa shape index (κ1) is 24.6. The van der Waals surface area contributed by atoms with Gasteiger partial charge in [0, 0.05) is 6.42 Å². The van der Waals surface area contributed by atoms with Crippen LogP contribution >= 0.6 is 0 Å². The molecule has 0 aliphatic carbocycles. The average Bonchev–Trinajstić information content (AvgIpc) is 2.52. The molecule has 9 nitrogen and oxygen atoms in total. The van der Waals surface area contributed by atoms with Crippen LogP contribution in [0.25, 0.3) is 0 Å². The van der Waals surface area contributed by atoms with Crippen molar-refractivity contribution in [2.45, 2.75) is 32.7 Å². The standard InChI is InChI=1S/C9H15N3O6.C2H6.C2H4/c10-5(9(17)18)1-2-6(13)11-3-7(14)12-4-8(15)16;2*1-2/h5H,1-4,10H2,(H,11,13)(H,12,14)(H,15,16)(H,17,18);1-2H3;1-2H2/t5-;;/m0../s1. The SMILES string of the molecule is C=C.CC.N[C@@H](CCC(=O)NCC(=O)NCC(=O)O)C(=O)O. The lowest BCUT2D eigenvalue weighted by Crippen LogP contribution is -2.39. The van der Waals surface area contributed by atoms with Crippen molar-refractivity contribution in [3.63, 3.8) is 0 Å². The molecule has 0 aromatic rings. The number of rotatable bonds is 8. The number of aliphatic carboxylic acids is 2. The van der Waals surface area contributed by atoms with Crippen LogP contribution in [0.4, 0.5) is 0 Å². The molecule has 0 spiro atoms. The van der Waals surface area contributed by atoms with Crippen LogP contribution in [0, 0.1) is 0 Å². The first-order valence-electron chi connectivity index (χ1n) is 6.56. The average molecular weight is 319 g/mol. The van der Waals surface area contributed by atoms with Gasteiger partial charge in [-0.2, -0.15) is 0 Å². The van der Waals surface area contributed by atoms with Gasteiger partial charge in [-0.15, -0.1) is 13.2 Å². The van der Waals surface area contributed by atoms with Gasteiger partial charge in [-0.25, -0.2) is 0 Å². The summed E-state index contributed by atoms with van der Waals surface area (Å²) >= 11 is 0. The normalized spacial score (nSPS) is 9.77. The third kappa shape index (κ3) is 17.6. The van der Waals surface area contributed by atoms with Gasteiger partial charge in [-0.1, -0.05) is 13.8 Å². The molecular weight excluding hydrogens is 294 g/mol. The second-order valence-electron chi connectivity index (χ2n) is 3.43. The molecule has 0 aliphatic rings. The van der Waals surface area contributed by atoms with Crippen LogP contribution in [0.2, 0.25) is 0 Å². The second-order valence-corrected chi connectivity index (χ2v) is 3.43. The summed E-state index contributed by atoms with van der Waals surface area (Å²) in [6, 6.07) is -1.13. The molecule has 0 saturated carbocycles. The number of amides is 2. The zero-order valence-corrected chi connectivity index (χ0v) is 12.9. The van der Waals surface area contributed by atoms with E-state index in [-0.39, 0.29) is 19.4 Å². The van der Waals surface area contributed by atoms with Crippen LogP contribution in [0.3, 0.4) is 0 Å². The monoisotopic (exact) mass is 319 g/mol. The Morgan fingerprint density at radius 3 is 1.86 bits per heavy atom. The molecule has 0 radical (unpaired) electrons. The van der Waals surface area contributed by atoms with Crippen LogP contribution in [0.15, 0.2) is 13.2 Å². The Balaban J connectivity index is -0.000000826. The van der Waals surface area contributed by atoms with E-state index < -0.39 is 36.3 Å². The Morgan fingerprint density at radius 2 is 1.45 bits per heavy atom. The highest BCUT2D eigenvalue weighted by molar-refractivity contribution is 5.86. The summed E-state index contributed by atoms with van der Waals surface area (Å²) in [4.78, 5) is 42.6. The summed E-state index contributed by atoms with van der Waals surface area (Å²) in [7, 11) is 0. The van der Waals surface area contributed by atoms with Gasteiger partial charge in [-0.05, 0) is 6.42 Å². The summed E-state index contributed by atoms with van der Waals surface area (Å²) in [5, 5.41) is 21.0. The van der Waals surface area contributed by atoms with E-state index in [4.69, 9.17) is 15.9 Å². The van der Waals surface area contributed by atoms with E-state index in [2.05, 4.69) is 18.5 Å². The van der Waals surface area contributed by atoms with Crippen molar-refractivity contribution in [1.29, 1.82) is 0 Å². The van der Waals surface area contributed by atoms with Crippen LogP contribution in [0.1, 0.15) is 26.7 Å². The van der Waals surface area contributed by atoms with Gasteiger partial charge in [0.15, 0.2) is 0 Å². The van der Waals surface area contributed by atoms with Gasteiger partial charge < -0.3 is 26.6 Å². The highest BCUT2D eigenvalue weighted by Gasteiger charge is 2.13. The van der Waals surface area contributed by atoms with Gasteiger partial charge >= 0.3 is 11.9 Å². The van der Waals surface area contributed by atoms with Crippen molar-refractivity contribution in [3.05, 3.63) is 13.2 Å². The van der Waals surface area contributed by atoms with E-state index in [1.165, 1.54) is 0 Å². The van der Waals surface area contributed by atoms with Crippen LogP contribution in [-0.4, -0.2) is 53.1 Å². The number of carboxylic acids is 2. The molecule has 2 amide bonds. The summed E-state index contributed by atoms with van der Waals surface area (Å²) in [6.07, 6.45) is -0.169. The third-order valence-corrected chi connectivity index (χ3v) is 1.88. The van der Waals surface area contributed by atoms with Gasteiger partial charge in [0.25, 0.3) is 0 Å². The minimum absolute atomic E-state index is 0.0437. The topological polar surface area (TPSA) is 159 Å². The Morgan fingerprint density at radius 1 is 1.00 bits per heavy atom. The van der Waals surface area contributed by atoms with Crippen molar-refractivity contribution in [1.82, 2.24) is 10.6 Å². The summed E-state index contributed by atoms with van der Waals surface area (Å²) in [5.41, 5.74) is 5.18. The van der Waals surface area contributed by atoms with Gasteiger partial charge in [0.05, 0.1) is 6.54 Å². The van der Waals surface area contributed by atoms with E-state index in [0.29, 0.717) is 0 Å². The van der Waals surface area contributed by atoms with Gasteiger partial charge in [0.2, 0.25) is 11.8 Å². The Kier molecular flexibility index (Phi) is 18.6. The lowest BCUT2D eigenvalue weighted by molar-refractivity contribution is -0.139. The summed E-state index contributed by atoms with van der Waals surface area (Å²) in [5.74, 6) is -3.57. The first-order chi connectivity index (χ1) is 10.3. The van der Waals surface area contributed by atoms with Gasteiger partial charge in [-0.3, -0.25) is 19.2 Å². The quantitative estimate of drug-likeness (QED) is 0.371. The first-order valence-corrected chi connectivity index (χ1v) is 6.56. The molecule has 1 atom stereocenters. The lowest BCUT2D eigenvalue weighted by Gasteiger charge is -2.07. The number of nitrogens with two attached hydrogens (primary N) is 1. The number of nitrogens with one attached hydrogen (secondary N) is 2. The van der Waals surface area contributed by atoms with E-state index in [1.807, 2.05) is 19.2 Å². The van der Waals surface area contributed by atoms with Gasteiger partial charge in [0.1, 0.15) is 12.6 Å². The Labute approximate surface area is 129 Å². The van der Waals surface area contributed by atoms with Crippen molar-refractivity contribution in [3.8, 4) is 0 Å². The van der Waals surface area contributed by atoms with Crippen molar-refractivity contribution >= 4 is 23.8 Å². The highest BCUT2D eigenvalue weighted by atomic mass is 16.4. The maximum atomic E-state index is 11.2. The molecule has 9 heteroatoms. The Hall–Kier alpha value is -2.42. The zero-order valence-electron chi connectivity index (χ0n) is 12.9. The predicted octanol–water partition coefficient (Wildman–Crippen LogP) is -0.676. The van der Waals surface area contributed by atoms with E-state index in [1.54, 1.807) is 0 Å². The molecule has 22 heavy (non-hydrogen) atoms. The molecule has 6 N–H and O–H groups in total. The maximum Gasteiger partial charge on any atom is 0.322 e. The van der Waals surface area contributed by atoms with Crippen molar-refractivity contribution < 1.29 is 29.4 Å². The Bertz CT molecular complexity index is 360. The minimum Gasteiger partial charge on any atom is -0.480 e. The molecule has 0 aliphatic heterocycles. The molecule has 0 aromatic heterocycles. The molecule has 0 bridgehead atoms. The number of carboxylic acid groups (broad SMARTS) is 2. The maximum absolute atomic E-state index is 11.2. The molecule has 0 saturated heterocycles. The lowest BCUT2D eigenvalue weighted by atomic mass is 10.1. The molecule has 0 aromatic carbocycles. The molecule has 0 rings (SSSR count). The van der Waals surface area contributed by atoms with Crippen LogP contribution in [0.5, 0.6) is 0 Å². The van der Waals surface area contributed by atoms with Crippen LogP contribution < -0.4 is 16.4 Å². The number of hydrogen-bond acceptors (Lipinski definition) is 5. The number of carbonyl (C=O) groups excluding carboxylic acids is 2. The molecule has 128 valence electrons. The summed E-state index contributed by atoms with van der Waals surface area (Å²) < 4.78 is 0. The largest absolute Gasteiger partial charge is 0.480 e. The van der Waals surface area contributed by atoms with E-state index in [0.717, 1.165) is 0 Å². The van der Waals surface area contributed by atoms with E-state index >= 15 is 0 Å². The second kappa shape index (κ2) is 16.6. The molecule has 0 heterocycles. The van der Waals surface area contributed by atoms with Crippen molar-refractivity contribution in [2.24, 2.45) is 5.73 Å². The third-order valence-electron chi connectivity index (χ3n) is 1.88. The fourth-order valence-electron chi connectivity index (χ4n) is 0.914. The van der Waals surface area contributed by atoms with Crippen molar-refractivity contribution in [2.75, 3.05) is 13.1 Å². The van der Waals surface area contributed by atoms with Crippen LogP contribution in [-0.2, 0) is 19.2 Å². The molecule has 0 unspecified atom stereocenters. The fourth-order valence-corrected chi connectivity index (χ4v) is 0.914. The van der Waals surface area contributed by atoms with E-state index in [9.17, 15) is 19.2 Å². The number of carbonyl (C=O) groups is 4.